The number of ether oxygens (including phenoxy) is 1. The van der Waals surface area contributed by atoms with Crippen LogP contribution in [0.25, 0.3) is 0 Å². The smallest absolute Gasteiger partial charge is 0.321 e. The molecule has 4 rings (SSSR count). The maximum atomic E-state index is 12.8. The third-order valence-electron chi connectivity index (χ3n) is 5.70. The number of hydrogen-bond acceptors (Lipinski definition) is 4. The summed E-state index contributed by atoms with van der Waals surface area (Å²) in [5, 5.41) is 11.8. The Morgan fingerprint density at radius 1 is 0.879 bits per heavy atom. The molecule has 168 valence electrons. The van der Waals surface area contributed by atoms with E-state index >= 15 is 0 Å². The topological polar surface area (TPSA) is 68.6 Å². The highest BCUT2D eigenvalue weighted by atomic mass is 16.5. The maximum absolute atomic E-state index is 12.8. The van der Waals surface area contributed by atoms with Gasteiger partial charge >= 0.3 is 6.03 Å². The number of piperazine rings is 1. The summed E-state index contributed by atoms with van der Waals surface area (Å²) >= 11 is 0. The van der Waals surface area contributed by atoms with Crippen LogP contribution in [-0.2, 0) is 19.6 Å². The quantitative estimate of drug-likeness (QED) is 0.579. The highest BCUT2D eigenvalue weighted by Crippen LogP contribution is 2.17. The Balaban J connectivity index is 1.25. The molecule has 1 aliphatic rings. The summed E-state index contributed by atoms with van der Waals surface area (Å²) in [5.41, 5.74) is 4.00. The van der Waals surface area contributed by atoms with Gasteiger partial charge in [-0.05, 0) is 41.0 Å². The average molecular weight is 441 g/mol. The molecular formula is C27H28N4O2. The van der Waals surface area contributed by atoms with Crippen molar-refractivity contribution in [2.24, 2.45) is 0 Å². The van der Waals surface area contributed by atoms with Crippen molar-refractivity contribution in [3.05, 3.63) is 95.6 Å². The largest absolute Gasteiger partial charge is 0.489 e. The van der Waals surface area contributed by atoms with Gasteiger partial charge in [0.2, 0.25) is 0 Å². The lowest BCUT2D eigenvalue weighted by Crippen LogP contribution is -2.49. The maximum Gasteiger partial charge on any atom is 0.321 e. The summed E-state index contributed by atoms with van der Waals surface area (Å²) < 4.78 is 5.85. The van der Waals surface area contributed by atoms with E-state index in [1.807, 2.05) is 59.5 Å². The van der Waals surface area contributed by atoms with E-state index in [-0.39, 0.29) is 6.03 Å². The molecule has 0 aromatic heterocycles. The fraction of sp³-hybridized carbons (Fsp3) is 0.259. The Hall–Kier alpha value is -3.82. The lowest BCUT2D eigenvalue weighted by Gasteiger charge is -2.34. The molecule has 3 aromatic carbocycles. The predicted molar refractivity (Wildman–Crippen MR) is 129 cm³/mol. The molecule has 0 bridgehead atoms. The number of nitrogens with zero attached hydrogens (tertiary/aromatic N) is 3. The first kappa shape index (κ1) is 22.4. The van der Waals surface area contributed by atoms with Crippen LogP contribution in [0.5, 0.6) is 5.75 Å². The lowest BCUT2D eigenvalue weighted by molar-refractivity contribution is 0.143. The molecule has 0 radical (unpaired) electrons. The number of carbonyl (C=O) groups excluding carboxylic acids is 1. The second-order valence-corrected chi connectivity index (χ2v) is 8.15. The number of nitriles is 1. The predicted octanol–water partition coefficient (Wildman–Crippen LogP) is 4.68. The fourth-order valence-corrected chi connectivity index (χ4v) is 3.85. The van der Waals surface area contributed by atoms with E-state index in [0.29, 0.717) is 26.1 Å². The zero-order chi connectivity index (χ0) is 22.9. The van der Waals surface area contributed by atoms with Crippen molar-refractivity contribution in [1.82, 2.24) is 9.80 Å². The van der Waals surface area contributed by atoms with Crippen molar-refractivity contribution < 1.29 is 9.53 Å². The Bertz CT molecular complexity index is 1090. The lowest BCUT2D eigenvalue weighted by atomic mass is 10.1. The van der Waals surface area contributed by atoms with Crippen LogP contribution in [-0.4, -0.2) is 42.0 Å². The van der Waals surface area contributed by atoms with Gasteiger partial charge in [-0.15, -0.1) is 0 Å². The summed E-state index contributed by atoms with van der Waals surface area (Å²) in [6, 6.07) is 27.8. The van der Waals surface area contributed by atoms with Gasteiger partial charge in [0.05, 0.1) is 12.5 Å². The van der Waals surface area contributed by atoms with Gasteiger partial charge in [-0.3, -0.25) is 4.90 Å². The molecule has 0 spiro atoms. The molecular weight excluding hydrogens is 412 g/mol. The minimum atomic E-state index is -0.0690. The van der Waals surface area contributed by atoms with Crippen molar-refractivity contribution in [2.45, 2.75) is 19.6 Å². The van der Waals surface area contributed by atoms with E-state index in [4.69, 9.17) is 10.00 Å². The van der Waals surface area contributed by atoms with E-state index < -0.39 is 0 Å². The zero-order valence-electron chi connectivity index (χ0n) is 18.6. The highest BCUT2D eigenvalue weighted by molar-refractivity contribution is 5.89. The van der Waals surface area contributed by atoms with Crippen LogP contribution in [0, 0.1) is 11.3 Å². The van der Waals surface area contributed by atoms with Gasteiger partial charge in [-0.1, -0.05) is 54.6 Å². The number of benzene rings is 3. The number of carbonyl (C=O) groups is 1. The van der Waals surface area contributed by atoms with Crippen molar-refractivity contribution in [2.75, 3.05) is 31.5 Å². The van der Waals surface area contributed by atoms with Gasteiger partial charge in [0.15, 0.2) is 0 Å². The molecule has 1 heterocycles. The Morgan fingerprint density at radius 3 is 2.33 bits per heavy atom. The third-order valence-corrected chi connectivity index (χ3v) is 5.70. The zero-order valence-corrected chi connectivity index (χ0v) is 18.6. The Labute approximate surface area is 195 Å². The van der Waals surface area contributed by atoms with Crippen LogP contribution >= 0.6 is 0 Å². The molecule has 3 aromatic rings. The minimum Gasteiger partial charge on any atom is -0.489 e. The second kappa shape index (κ2) is 11.2. The van der Waals surface area contributed by atoms with E-state index in [0.717, 1.165) is 42.2 Å². The molecule has 0 atom stereocenters. The van der Waals surface area contributed by atoms with Crippen LogP contribution in [0.2, 0.25) is 0 Å². The normalized spacial score (nSPS) is 13.8. The van der Waals surface area contributed by atoms with Crippen LogP contribution in [0.3, 0.4) is 0 Å². The van der Waals surface area contributed by atoms with Crippen molar-refractivity contribution in [3.8, 4) is 11.8 Å². The Morgan fingerprint density at radius 2 is 1.61 bits per heavy atom. The van der Waals surface area contributed by atoms with Gasteiger partial charge in [-0.2, -0.15) is 5.26 Å². The number of nitrogens with one attached hydrogen (secondary N) is 1. The number of urea groups is 1. The molecule has 0 aliphatic carbocycles. The molecule has 1 fully saturated rings. The van der Waals surface area contributed by atoms with E-state index in [2.05, 4.69) is 40.6 Å². The van der Waals surface area contributed by atoms with Crippen molar-refractivity contribution >= 4 is 11.7 Å². The van der Waals surface area contributed by atoms with E-state index in [1.165, 1.54) is 5.56 Å². The molecule has 0 unspecified atom stereocenters. The van der Waals surface area contributed by atoms with Crippen molar-refractivity contribution in [1.29, 1.82) is 5.26 Å². The van der Waals surface area contributed by atoms with Crippen LogP contribution in [0.15, 0.2) is 78.9 Å². The first-order chi connectivity index (χ1) is 16.2. The molecule has 2 amide bonds. The van der Waals surface area contributed by atoms with E-state index in [9.17, 15) is 4.79 Å². The fourth-order valence-electron chi connectivity index (χ4n) is 3.85. The SMILES string of the molecule is N#CCc1ccc(OCc2cccc(NC(=O)N3CCN(Cc4ccccc4)CC3)c2)cc1. The van der Waals surface area contributed by atoms with Crippen LogP contribution in [0.1, 0.15) is 16.7 Å². The molecule has 1 aliphatic heterocycles. The minimum absolute atomic E-state index is 0.0690. The summed E-state index contributed by atoms with van der Waals surface area (Å²) in [5.74, 6) is 0.750. The summed E-state index contributed by atoms with van der Waals surface area (Å²) in [7, 11) is 0. The van der Waals surface area contributed by atoms with Crippen molar-refractivity contribution in [3.63, 3.8) is 0 Å². The van der Waals surface area contributed by atoms with Gasteiger partial charge in [-0.25, -0.2) is 4.79 Å². The van der Waals surface area contributed by atoms with E-state index in [1.54, 1.807) is 0 Å². The number of amides is 2. The molecule has 6 heteroatoms. The third kappa shape index (κ3) is 6.58. The molecule has 6 nitrogen and oxygen atoms in total. The second-order valence-electron chi connectivity index (χ2n) is 8.15. The van der Waals surface area contributed by atoms with Crippen LogP contribution < -0.4 is 10.1 Å². The average Bonchev–Trinajstić information content (AvgIpc) is 2.85. The van der Waals surface area contributed by atoms with Gasteiger partial charge < -0.3 is 15.0 Å². The highest BCUT2D eigenvalue weighted by Gasteiger charge is 2.21. The summed E-state index contributed by atoms with van der Waals surface area (Å²) in [6.07, 6.45) is 0.393. The number of hydrogen-bond donors (Lipinski definition) is 1. The van der Waals surface area contributed by atoms with Gasteiger partial charge in [0, 0.05) is 38.4 Å². The number of rotatable bonds is 7. The van der Waals surface area contributed by atoms with Crippen LogP contribution in [0.4, 0.5) is 10.5 Å². The molecule has 0 saturated carbocycles. The van der Waals surface area contributed by atoms with Gasteiger partial charge in [0.25, 0.3) is 0 Å². The number of anilines is 1. The Kier molecular flexibility index (Phi) is 7.57. The van der Waals surface area contributed by atoms with Gasteiger partial charge in [0.1, 0.15) is 12.4 Å². The molecule has 33 heavy (non-hydrogen) atoms. The summed E-state index contributed by atoms with van der Waals surface area (Å²) in [6.45, 7) is 4.47. The monoisotopic (exact) mass is 440 g/mol. The standard InChI is InChI=1S/C27H28N4O2/c28-14-13-22-9-11-26(12-10-22)33-21-24-7-4-8-25(19-24)29-27(32)31-17-15-30(16-18-31)20-23-5-2-1-3-6-23/h1-12,19H,13,15-18,20-21H2,(H,29,32). The summed E-state index contributed by atoms with van der Waals surface area (Å²) in [4.78, 5) is 17.0. The first-order valence-electron chi connectivity index (χ1n) is 11.2. The first-order valence-corrected chi connectivity index (χ1v) is 11.2. The molecule has 1 N–H and O–H groups in total. The molecule has 1 saturated heterocycles.